The van der Waals surface area contributed by atoms with Gasteiger partial charge in [0.2, 0.25) is 0 Å². The number of hydrogen-bond donors (Lipinski definition) is 1. The van der Waals surface area contributed by atoms with Gasteiger partial charge in [-0.2, -0.15) is 0 Å². The summed E-state index contributed by atoms with van der Waals surface area (Å²) in [6.45, 7) is 5.19. The van der Waals surface area contributed by atoms with E-state index < -0.39 is 17.1 Å². The molecule has 1 saturated carbocycles. The summed E-state index contributed by atoms with van der Waals surface area (Å²) in [4.78, 5) is 27.8. The number of phenols is 1. The number of carbonyl (C=O) groups is 2. The van der Waals surface area contributed by atoms with Crippen LogP contribution in [0.1, 0.15) is 36.2 Å². The number of hydrogen-bond acceptors (Lipinski definition) is 6. The summed E-state index contributed by atoms with van der Waals surface area (Å²) in [5.74, 6) is -1.04. The fourth-order valence-electron chi connectivity index (χ4n) is 6.60. The van der Waals surface area contributed by atoms with Crippen LogP contribution in [-0.4, -0.2) is 47.7 Å². The summed E-state index contributed by atoms with van der Waals surface area (Å²) in [6.07, 6.45) is 4.88. The van der Waals surface area contributed by atoms with Gasteiger partial charge in [0, 0.05) is 29.7 Å². The molecule has 0 aromatic heterocycles. The first-order valence-corrected chi connectivity index (χ1v) is 12.6. The van der Waals surface area contributed by atoms with E-state index in [1.807, 2.05) is 38.1 Å². The Hall–Kier alpha value is -3.22. The maximum absolute atomic E-state index is 14.1. The summed E-state index contributed by atoms with van der Waals surface area (Å²) in [5, 5.41) is 10.5. The molecule has 5 aliphatic rings. The van der Waals surface area contributed by atoms with Crippen LogP contribution in [0.4, 0.5) is 0 Å². The number of Topliss-reactive ketones (excluding diaryl/α,β-unsaturated/α-hetero) is 2. The molecule has 0 amide bonds. The van der Waals surface area contributed by atoms with E-state index in [2.05, 4.69) is 12.1 Å². The Morgan fingerprint density at radius 2 is 1.94 bits per heavy atom. The second-order valence-corrected chi connectivity index (χ2v) is 10.5. The van der Waals surface area contributed by atoms with E-state index >= 15 is 0 Å². The molecular formula is C30H30O6. The monoisotopic (exact) mass is 486 g/mol. The lowest BCUT2D eigenvalue weighted by molar-refractivity contribution is -0.172. The first-order chi connectivity index (χ1) is 17.4. The highest BCUT2D eigenvalue weighted by molar-refractivity contribution is 6.18. The smallest absolute Gasteiger partial charge is 0.200 e. The van der Waals surface area contributed by atoms with Crippen LogP contribution < -0.4 is 4.74 Å². The van der Waals surface area contributed by atoms with Gasteiger partial charge in [-0.15, -0.1) is 0 Å². The zero-order valence-corrected chi connectivity index (χ0v) is 20.5. The fourth-order valence-corrected chi connectivity index (χ4v) is 6.60. The van der Waals surface area contributed by atoms with E-state index in [1.165, 1.54) is 11.6 Å². The normalized spacial score (nSPS) is 31.4. The van der Waals surface area contributed by atoms with Gasteiger partial charge in [-0.05, 0) is 38.0 Å². The van der Waals surface area contributed by atoms with Crippen molar-refractivity contribution in [2.45, 2.75) is 37.9 Å². The average molecular weight is 487 g/mol. The number of fused-ring (bicyclic) bond motifs is 1. The number of allylic oxidation sites excluding steroid dienone is 2. The molecule has 2 aromatic rings. The molecule has 1 unspecified atom stereocenters. The predicted octanol–water partition coefficient (Wildman–Crippen LogP) is 4.46. The molecule has 7 rings (SSSR count). The Morgan fingerprint density at radius 3 is 2.72 bits per heavy atom. The average Bonchev–Trinajstić information content (AvgIpc) is 3.15. The Bertz CT molecular complexity index is 1290. The summed E-state index contributed by atoms with van der Waals surface area (Å²) < 4.78 is 19.2. The number of phenolic OH excluding ortho intramolecular Hbond substituents is 1. The summed E-state index contributed by atoms with van der Waals surface area (Å²) in [7, 11) is 0. The highest BCUT2D eigenvalue weighted by Crippen LogP contribution is 2.65. The lowest BCUT2D eigenvalue weighted by Crippen LogP contribution is -2.74. The number of ether oxygens (including phenoxy) is 3. The van der Waals surface area contributed by atoms with Gasteiger partial charge in [0.15, 0.2) is 22.8 Å². The van der Waals surface area contributed by atoms with Gasteiger partial charge in [-0.25, -0.2) is 0 Å². The fraction of sp³-hybridized carbons (Fsp3) is 0.400. The predicted molar refractivity (Wildman–Crippen MR) is 133 cm³/mol. The molecule has 5 atom stereocenters. The van der Waals surface area contributed by atoms with Crippen LogP contribution in [0.2, 0.25) is 0 Å². The highest BCUT2D eigenvalue weighted by atomic mass is 16.6. The van der Waals surface area contributed by atoms with Gasteiger partial charge in [0.1, 0.15) is 17.1 Å². The Balaban J connectivity index is 1.37. The van der Waals surface area contributed by atoms with Crippen LogP contribution in [0, 0.1) is 17.8 Å². The molecule has 3 aliphatic carbocycles. The minimum absolute atomic E-state index is 0.0504. The largest absolute Gasteiger partial charge is 0.507 e. The van der Waals surface area contributed by atoms with Gasteiger partial charge < -0.3 is 19.3 Å². The minimum Gasteiger partial charge on any atom is -0.507 e. The van der Waals surface area contributed by atoms with Crippen molar-refractivity contribution < 1.29 is 28.9 Å². The zero-order chi connectivity index (χ0) is 25.1. The van der Waals surface area contributed by atoms with Crippen molar-refractivity contribution in [2.24, 2.45) is 17.8 Å². The maximum atomic E-state index is 14.1. The molecule has 6 nitrogen and oxygen atoms in total. The molecule has 0 radical (unpaired) electrons. The first kappa shape index (κ1) is 23.2. The van der Waals surface area contributed by atoms with Gasteiger partial charge in [-0.3, -0.25) is 9.59 Å². The third kappa shape index (κ3) is 3.10. The Kier molecular flexibility index (Phi) is 5.43. The van der Waals surface area contributed by atoms with Crippen molar-refractivity contribution in [3.05, 3.63) is 83.0 Å². The van der Waals surface area contributed by atoms with Crippen molar-refractivity contribution in [3.63, 3.8) is 0 Å². The third-order valence-electron chi connectivity index (χ3n) is 8.29. The standard InChI is InChI=1S/C30H30O6/c1-18(2)11-13-29-28(33)20-15-22-27(32)26-24(31)9-6-10-25(26)36-30(22,29)23(17-35-29)21(20)16-34-14-12-19-7-4-3-5-8-19/h3-11,15,20-21,23,31H,12-14,16-17H2,1-2H3/t20-,21+,23-,29?,30-/m1/s1. The lowest BCUT2D eigenvalue weighted by atomic mass is 9.49. The van der Waals surface area contributed by atoms with Crippen molar-refractivity contribution >= 4 is 11.6 Å². The van der Waals surface area contributed by atoms with Gasteiger partial charge in [0.25, 0.3) is 0 Å². The zero-order valence-electron chi connectivity index (χ0n) is 20.5. The van der Waals surface area contributed by atoms with Crippen LogP contribution in [0.25, 0.3) is 0 Å². The molecule has 1 saturated heterocycles. The van der Waals surface area contributed by atoms with E-state index in [0.29, 0.717) is 37.6 Å². The molecule has 4 bridgehead atoms. The first-order valence-electron chi connectivity index (χ1n) is 12.6. The van der Waals surface area contributed by atoms with Gasteiger partial charge >= 0.3 is 0 Å². The van der Waals surface area contributed by atoms with E-state index in [4.69, 9.17) is 14.2 Å². The van der Waals surface area contributed by atoms with Crippen molar-refractivity contribution in [2.75, 3.05) is 19.8 Å². The molecule has 1 spiro atoms. The van der Waals surface area contributed by atoms with Crippen molar-refractivity contribution in [1.29, 1.82) is 0 Å². The third-order valence-corrected chi connectivity index (χ3v) is 8.29. The van der Waals surface area contributed by atoms with Crippen molar-refractivity contribution in [1.82, 2.24) is 0 Å². The van der Waals surface area contributed by atoms with Crippen molar-refractivity contribution in [3.8, 4) is 11.5 Å². The summed E-state index contributed by atoms with van der Waals surface area (Å²) >= 11 is 0. The molecule has 186 valence electrons. The topological polar surface area (TPSA) is 82.1 Å². The number of ketones is 2. The van der Waals surface area contributed by atoms with E-state index in [9.17, 15) is 14.7 Å². The maximum Gasteiger partial charge on any atom is 0.200 e. The van der Waals surface area contributed by atoms with Gasteiger partial charge in [-0.1, -0.05) is 54.1 Å². The number of benzene rings is 2. The van der Waals surface area contributed by atoms with Gasteiger partial charge in [0.05, 0.1) is 19.8 Å². The van der Waals surface area contributed by atoms with Crippen LogP contribution in [0.15, 0.2) is 71.8 Å². The van der Waals surface area contributed by atoms with E-state index in [0.717, 1.165) is 12.0 Å². The highest BCUT2D eigenvalue weighted by Gasteiger charge is 2.79. The second kappa shape index (κ2) is 8.43. The van der Waals surface area contributed by atoms with Crippen LogP contribution in [-0.2, 0) is 20.7 Å². The molecule has 2 fully saturated rings. The summed E-state index contributed by atoms with van der Waals surface area (Å²) in [6, 6.07) is 15.0. The lowest BCUT2D eigenvalue weighted by Gasteiger charge is -2.58. The molecule has 2 aliphatic heterocycles. The molecule has 1 N–H and O–H groups in total. The Labute approximate surface area is 210 Å². The SMILES string of the molecule is CC(C)=CCC12OC[C@@H]3[C@@H](COCCc4ccccc4)[C@@H](C=C4C(=O)c5c(O)cccc5O[C@]431)C2=O. The van der Waals surface area contributed by atoms with E-state index in [1.54, 1.807) is 18.2 Å². The minimum atomic E-state index is -1.27. The number of rotatable bonds is 7. The molecule has 2 aromatic carbocycles. The quantitative estimate of drug-likeness (QED) is 0.460. The van der Waals surface area contributed by atoms with Crippen LogP contribution in [0.5, 0.6) is 11.5 Å². The number of aromatic hydroxyl groups is 1. The second-order valence-electron chi connectivity index (χ2n) is 10.5. The molecule has 2 heterocycles. The Morgan fingerprint density at radius 1 is 1.14 bits per heavy atom. The number of carbonyl (C=O) groups excluding carboxylic acids is 2. The van der Waals surface area contributed by atoms with Crippen LogP contribution in [0.3, 0.4) is 0 Å². The summed E-state index contributed by atoms with van der Waals surface area (Å²) in [5.41, 5.74) is 0.336. The molecular weight excluding hydrogens is 456 g/mol. The molecule has 6 heteroatoms. The molecule has 36 heavy (non-hydrogen) atoms. The van der Waals surface area contributed by atoms with E-state index in [-0.39, 0.29) is 34.7 Å². The van der Waals surface area contributed by atoms with Crippen LogP contribution >= 0.6 is 0 Å².